The van der Waals surface area contributed by atoms with Crippen LogP contribution in [0.5, 0.6) is 5.75 Å². The van der Waals surface area contributed by atoms with Crippen molar-refractivity contribution in [1.82, 2.24) is 20.2 Å². The molecule has 0 radical (unpaired) electrons. The average Bonchev–Trinajstić information content (AvgIpc) is 2.80. The highest BCUT2D eigenvalue weighted by Gasteiger charge is 2.15. The zero-order valence-electron chi connectivity index (χ0n) is 17.8. The summed E-state index contributed by atoms with van der Waals surface area (Å²) in [7, 11) is 2.16. The first-order valence-corrected chi connectivity index (χ1v) is 10.9. The van der Waals surface area contributed by atoms with Crippen LogP contribution < -0.4 is 15.0 Å². The Morgan fingerprint density at radius 1 is 1.00 bits per heavy atom. The second kappa shape index (κ2) is 10.6. The van der Waals surface area contributed by atoms with Crippen LogP contribution in [0.4, 0.5) is 5.82 Å². The number of aromatic nitrogens is 2. The van der Waals surface area contributed by atoms with Crippen LogP contribution in [-0.4, -0.2) is 48.1 Å². The molecule has 1 aromatic carbocycles. The van der Waals surface area contributed by atoms with Gasteiger partial charge in [-0.2, -0.15) is 0 Å². The van der Waals surface area contributed by atoms with E-state index in [-0.39, 0.29) is 0 Å². The van der Waals surface area contributed by atoms with Gasteiger partial charge in [0.1, 0.15) is 18.2 Å². The van der Waals surface area contributed by atoms with Crippen molar-refractivity contribution in [1.29, 1.82) is 0 Å². The third-order valence-electron chi connectivity index (χ3n) is 5.42. The lowest BCUT2D eigenvalue weighted by Gasteiger charge is -2.33. The lowest BCUT2D eigenvalue weighted by Crippen LogP contribution is -2.44. The molecule has 162 valence electrons. The number of halogens is 1. The minimum absolute atomic E-state index is 0.473. The minimum atomic E-state index is 0.473. The predicted molar refractivity (Wildman–Crippen MR) is 125 cm³/mol. The molecule has 1 N–H and O–H groups in total. The van der Waals surface area contributed by atoms with E-state index in [1.165, 1.54) is 5.56 Å². The van der Waals surface area contributed by atoms with Gasteiger partial charge >= 0.3 is 0 Å². The third kappa shape index (κ3) is 6.17. The molecule has 0 saturated carbocycles. The number of anilines is 1. The molecule has 4 rings (SSSR count). The summed E-state index contributed by atoms with van der Waals surface area (Å²) in [5.41, 5.74) is 3.28. The fourth-order valence-electron chi connectivity index (χ4n) is 3.59. The van der Waals surface area contributed by atoms with Crippen LogP contribution in [0, 0.1) is 0 Å². The molecule has 1 fully saturated rings. The monoisotopic (exact) mass is 437 g/mol. The molecule has 1 saturated heterocycles. The first-order valence-electron chi connectivity index (χ1n) is 10.6. The molecule has 31 heavy (non-hydrogen) atoms. The lowest BCUT2D eigenvalue weighted by molar-refractivity contribution is 0.301. The second-order valence-electron chi connectivity index (χ2n) is 7.82. The van der Waals surface area contributed by atoms with Crippen LogP contribution in [0.2, 0.25) is 5.02 Å². The Kier molecular flexibility index (Phi) is 7.35. The van der Waals surface area contributed by atoms with E-state index >= 15 is 0 Å². The van der Waals surface area contributed by atoms with Crippen molar-refractivity contribution in [3.8, 4) is 5.75 Å². The fraction of sp³-hybridized carbons (Fsp3) is 0.333. The molecule has 0 aliphatic carbocycles. The Morgan fingerprint density at radius 3 is 2.68 bits per heavy atom. The molecule has 1 aliphatic heterocycles. The smallest absolute Gasteiger partial charge is 0.128 e. The first-order chi connectivity index (χ1) is 15.2. The van der Waals surface area contributed by atoms with Crippen LogP contribution in [0.1, 0.15) is 16.7 Å². The minimum Gasteiger partial charge on any atom is -0.489 e. The maximum atomic E-state index is 6.24. The van der Waals surface area contributed by atoms with Crippen molar-refractivity contribution in [3.63, 3.8) is 0 Å². The van der Waals surface area contributed by atoms with Crippen molar-refractivity contribution in [3.05, 3.63) is 82.8 Å². The molecular formula is C24H28ClN5O. The predicted octanol–water partition coefficient (Wildman–Crippen LogP) is 3.75. The summed E-state index contributed by atoms with van der Waals surface area (Å²) in [4.78, 5) is 13.4. The van der Waals surface area contributed by atoms with Gasteiger partial charge in [0, 0.05) is 74.0 Å². The van der Waals surface area contributed by atoms with Crippen LogP contribution in [0.15, 0.2) is 61.1 Å². The van der Waals surface area contributed by atoms with Crippen LogP contribution in [0.3, 0.4) is 0 Å². The molecule has 0 bridgehead atoms. The Hall–Kier alpha value is -2.67. The number of rotatable bonds is 8. The number of benzene rings is 1. The molecule has 0 unspecified atom stereocenters. The summed E-state index contributed by atoms with van der Waals surface area (Å²) in [5, 5.41) is 4.22. The van der Waals surface area contributed by atoms with Gasteiger partial charge in [-0.3, -0.25) is 4.98 Å². The van der Waals surface area contributed by atoms with Gasteiger partial charge in [0.2, 0.25) is 0 Å². The van der Waals surface area contributed by atoms with Gasteiger partial charge in [-0.15, -0.1) is 0 Å². The maximum Gasteiger partial charge on any atom is 0.128 e. The van der Waals surface area contributed by atoms with Crippen LogP contribution in [0.25, 0.3) is 0 Å². The highest BCUT2D eigenvalue weighted by molar-refractivity contribution is 6.30. The Bertz CT molecular complexity index is 977. The quantitative estimate of drug-likeness (QED) is 0.579. The summed E-state index contributed by atoms with van der Waals surface area (Å²) >= 11 is 6.24. The molecule has 6 nitrogen and oxygen atoms in total. The van der Waals surface area contributed by atoms with Crippen molar-refractivity contribution >= 4 is 17.4 Å². The molecule has 7 heteroatoms. The van der Waals surface area contributed by atoms with Crippen LogP contribution in [-0.2, 0) is 19.7 Å². The molecule has 0 atom stereocenters. The molecule has 2 aromatic heterocycles. The van der Waals surface area contributed by atoms with Crippen molar-refractivity contribution in [2.45, 2.75) is 19.7 Å². The largest absolute Gasteiger partial charge is 0.489 e. The van der Waals surface area contributed by atoms with Gasteiger partial charge in [0.15, 0.2) is 0 Å². The van der Waals surface area contributed by atoms with Gasteiger partial charge in [-0.1, -0.05) is 17.7 Å². The van der Waals surface area contributed by atoms with E-state index in [0.717, 1.165) is 55.4 Å². The van der Waals surface area contributed by atoms with E-state index in [1.54, 1.807) is 6.20 Å². The van der Waals surface area contributed by atoms with Gasteiger partial charge in [0.05, 0.1) is 0 Å². The molecule has 0 amide bonds. The number of nitrogens with zero attached hydrogens (tertiary/aromatic N) is 4. The first kappa shape index (κ1) is 21.6. The normalized spacial score (nSPS) is 14.6. The van der Waals surface area contributed by atoms with Crippen molar-refractivity contribution in [2.75, 3.05) is 38.1 Å². The number of ether oxygens (including phenoxy) is 1. The Labute approximate surface area is 188 Å². The van der Waals surface area contributed by atoms with Crippen molar-refractivity contribution < 1.29 is 4.74 Å². The Morgan fingerprint density at radius 2 is 1.87 bits per heavy atom. The third-order valence-corrected chi connectivity index (χ3v) is 5.66. The van der Waals surface area contributed by atoms with Gasteiger partial charge in [-0.25, -0.2) is 4.98 Å². The average molecular weight is 438 g/mol. The number of likely N-dealkylation sites (N-methyl/N-ethyl adjacent to an activating group) is 1. The molecule has 1 aliphatic rings. The van der Waals surface area contributed by atoms with Gasteiger partial charge < -0.3 is 19.9 Å². The van der Waals surface area contributed by atoms with E-state index in [0.29, 0.717) is 18.2 Å². The van der Waals surface area contributed by atoms with Crippen molar-refractivity contribution in [2.24, 2.45) is 0 Å². The summed E-state index contributed by atoms with van der Waals surface area (Å²) in [6.07, 6.45) is 5.47. The van der Waals surface area contributed by atoms with E-state index in [4.69, 9.17) is 16.3 Å². The molecular weight excluding hydrogens is 410 g/mol. The zero-order valence-corrected chi connectivity index (χ0v) is 18.6. The van der Waals surface area contributed by atoms with Gasteiger partial charge in [0.25, 0.3) is 0 Å². The lowest BCUT2D eigenvalue weighted by atomic mass is 10.2. The van der Waals surface area contributed by atoms with Crippen LogP contribution >= 0.6 is 11.6 Å². The molecule has 3 heterocycles. The van der Waals surface area contributed by atoms with E-state index in [9.17, 15) is 0 Å². The summed E-state index contributed by atoms with van der Waals surface area (Å²) in [5.74, 6) is 1.88. The standard InChI is InChI=1S/C24H28ClN5O/c1-29-9-11-30(12-10-29)24-13-19(6-8-28-24)15-27-17-21-14-22(25)4-5-23(21)31-18-20-3-2-7-26-16-20/h2-8,13-14,16,27H,9-12,15,17-18H2,1H3. The maximum absolute atomic E-state index is 6.24. The fourth-order valence-corrected chi connectivity index (χ4v) is 3.79. The number of hydrogen-bond acceptors (Lipinski definition) is 6. The number of nitrogens with one attached hydrogen (secondary N) is 1. The topological polar surface area (TPSA) is 53.5 Å². The summed E-state index contributed by atoms with van der Waals surface area (Å²) < 4.78 is 6.03. The highest BCUT2D eigenvalue weighted by atomic mass is 35.5. The molecule has 3 aromatic rings. The summed E-state index contributed by atoms with van der Waals surface area (Å²) in [6, 6.07) is 13.9. The number of hydrogen-bond donors (Lipinski definition) is 1. The second-order valence-corrected chi connectivity index (χ2v) is 8.25. The number of pyridine rings is 2. The van der Waals surface area contributed by atoms with Gasteiger partial charge in [-0.05, 0) is 49.0 Å². The SMILES string of the molecule is CN1CCN(c2cc(CNCc3cc(Cl)ccc3OCc3cccnc3)ccn2)CC1. The zero-order chi connectivity index (χ0) is 21.5. The number of piperazine rings is 1. The summed E-state index contributed by atoms with van der Waals surface area (Å²) in [6.45, 7) is 6.05. The van der Waals surface area contributed by atoms with E-state index < -0.39 is 0 Å². The molecule has 0 spiro atoms. The highest BCUT2D eigenvalue weighted by Crippen LogP contribution is 2.24. The van der Waals surface area contributed by atoms with E-state index in [2.05, 4.69) is 44.3 Å². The Balaban J connectivity index is 1.35. The van der Waals surface area contributed by atoms with E-state index in [1.807, 2.05) is 42.7 Å².